The highest BCUT2D eigenvalue weighted by Crippen LogP contribution is 2.27. The molecule has 0 radical (unpaired) electrons. The number of nitrogens with one attached hydrogen (secondary N) is 1. The summed E-state index contributed by atoms with van der Waals surface area (Å²) in [6, 6.07) is 3.81. The molecule has 2 aromatic rings. The van der Waals surface area contributed by atoms with E-state index in [9.17, 15) is 13.6 Å². The molecule has 6 nitrogen and oxygen atoms in total. The predicted molar refractivity (Wildman–Crippen MR) is 71.0 cm³/mol. The normalized spacial score (nSPS) is 11.4. The third kappa shape index (κ3) is 3.15. The number of imidazole rings is 1. The maximum Gasteiger partial charge on any atom is 0.384 e. The zero-order valence-electron chi connectivity index (χ0n) is 11.3. The van der Waals surface area contributed by atoms with Crippen LogP contribution in [0.15, 0.2) is 30.7 Å². The van der Waals surface area contributed by atoms with Crippen molar-refractivity contribution < 1.29 is 18.7 Å². The molecule has 8 heteroatoms. The highest BCUT2D eigenvalue weighted by Gasteiger charge is 2.42. The van der Waals surface area contributed by atoms with Crippen molar-refractivity contribution >= 4 is 11.8 Å². The third-order valence-corrected chi connectivity index (χ3v) is 2.93. The van der Waals surface area contributed by atoms with Crippen LogP contribution in [-0.2, 0) is 23.8 Å². The number of aromatic nitrogens is 3. The molecule has 0 atom stereocenters. The molecule has 0 spiro atoms. The van der Waals surface area contributed by atoms with E-state index in [1.54, 1.807) is 12.5 Å². The van der Waals surface area contributed by atoms with Crippen molar-refractivity contribution in [3.05, 3.63) is 42.1 Å². The summed E-state index contributed by atoms with van der Waals surface area (Å²) in [5, 5.41) is 11.4. The number of nitrogens with zero attached hydrogens (tertiary/aromatic N) is 3. The van der Waals surface area contributed by atoms with E-state index in [1.807, 2.05) is 11.5 Å². The van der Waals surface area contributed by atoms with Crippen molar-refractivity contribution in [3.8, 4) is 0 Å². The van der Waals surface area contributed by atoms with Crippen LogP contribution >= 0.6 is 0 Å². The molecule has 2 heterocycles. The van der Waals surface area contributed by atoms with E-state index in [0.29, 0.717) is 6.54 Å². The molecule has 21 heavy (non-hydrogen) atoms. The van der Waals surface area contributed by atoms with E-state index in [4.69, 9.17) is 5.11 Å². The molecule has 0 aliphatic carbocycles. The van der Waals surface area contributed by atoms with Crippen molar-refractivity contribution in [2.75, 3.05) is 5.32 Å². The summed E-state index contributed by atoms with van der Waals surface area (Å²) >= 11 is 0. The van der Waals surface area contributed by atoms with Gasteiger partial charge in [-0.2, -0.15) is 8.78 Å². The summed E-state index contributed by atoms with van der Waals surface area (Å²) in [5.41, 5.74) is 0.0682. The number of carbonyl (C=O) groups is 1. The van der Waals surface area contributed by atoms with Crippen molar-refractivity contribution in [1.82, 2.24) is 14.5 Å². The van der Waals surface area contributed by atoms with Gasteiger partial charge in [-0.15, -0.1) is 0 Å². The average molecular weight is 296 g/mol. The number of aryl methyl sites for hydroxylation is 1. The first-order chi connectivity index (χ1) is 9.95. The summed E-state index contributed by atoms with van der Waals surface area (Å²) in [5.74, 6) is -6.06. The van der Waals surface area contributed by atoms with Crippen LogP contribution in [0.3, 0.4) is 0 Å². The third-order valence-electron chi connectivity index (χ3n) is 2.93. The minimum atomic E-state index is -4.01. The standard InChI is InChI=1S/C13H14F2N4O2/c1-2-19-8-16-6-9(19)7-17-11-5-3-4-10(18-11)13(14,15)12(20)21/h3-6,8H,2,7H2,1H3,(H,17,18)(H,20,21). The smallest absolute Gasteiger partial charge is 0.384 e. The summed E-state index contributed by atoms with van der Waals surface area (Å²) in [4.78, 5) is 18.2. The molecule has 112 valence electrons. The maximum atomic E-state index is 13.4. The lowest BCUT2D eigenvalue weighted by Crippen LogP contribution is -2.26. The number of halogens is 2. The predicted octanol–water partition coefficient (Wildman–Crippen LogP) is 2.09. The Morgan fingerprint density at radius 2 is 2.24 bits per heavy atom. The first-order valence-electron chi connectivity index (χ1n) is 6.26. The van der Waals surface area contributed by atoms with Crippen LogP contribution in [0.2, 0.25) is 0 Å². The second-order valence-electron chi connectivity index (χ2n) is 4.31. The van der Waals surface area contributed by atoms with Crippen LogP contribution in [0, 0.1) is 0 Å². The van der Waals surface area contributed by atoms with Crippen LogP contribution in [0.5, 0.6) is 0 Å². The fraction of sp³-hybridized carbons (Fsp3) is 0.308. The van der Waals surface area contributed by atoms with E-state index < -0.39 is 17.6 Å². The molecule has 2 aromatic heterocycles. The van der Waals surface area contributed by atoms with Gasteiger partial charge in [0.15, 0.2) is 0 Å². The van der Waals surface area contributed by atoms with Crippen LogP contribution in [0.25, 0.3) is 0 Å². The molecule has 0 aliphatic rings. The number of hydrogen-bond acceptors (Lipinski definition) is 4. The Kier molecular flexibility index (Phi) is 4.15. The van der Waals surface area contributed by atoms with Gasteiger partial charge in [-0.05, 0) is 19.1 Å². The topological polar surface area (TPSA) is 80.0 Å². The zero-order valence-corrected chi connectivity index (χ0v) is 11.3. The Morgan fingerprint density at radius 3 is 2.90 bits per heavy atom. The number of carboxylic acid groups (broad SMARTS) is 1. The summed E-state index contributed by atoms with van der Waals surface area (Å²) < 4.78 is 28.7. The van der Waals surface area contributed by atoms with E-state index in [1.165, 1.54) is 12.1 Å². The highest BCUT2D eigenvalue weighted by molar-refractivity contribution is 5.76. The first-order valence-corrected chi connectivity index (χ1v) is 6.26. The van der Waals surface area contributed by atoms with Crippen LogP contribution in [0.4, 0.5) is 14.6 Å². The first kappa shape index (κ1) is 14.9. The van der Waals surface area contributed by atoms with Crippen molar-refractivity contribution in [1.29, 1.82) is 0 Å². The Morgan fingerprint density at radius 1 is 1.48 bits per heavy atom. The van der Waals surface area contributed by atoms with Crippen LogP contribution in [-0.4, -0.2) is 25.6 Å². The van der Waals surface area contributed by atoms with E-state index in [2.05, 4.69) is 15.3 Å². The molecule has 0 saturated heterocycles. The molecule has 0 aromatic carbocycles. The second-order valence-corrected chi connectivity index (χ2v) is 4.31. The second kappa shape index (κ2) is 5.86. The Hall–Kier alpha value is -2.51. The fourth-order valence-electron chi connectivity index (χ4n) is 1.78. The highest BCUT2D eigenvalue weighted by atomic mass is 19.3. The molecular formula is C13H14F2N4O2. The monoisotopic (exact) mass is 296 g/mol. The summed E-state index contributed by atoms with van der Waals surface area (Å²) in [6.07, 6.45) is 3.33. The molecule has 2 N–H and O–H groups in total. The lowest BCUT2D eigenvalue weighted by Gasteiger charge is -2.12. The van der Waals surface area contributed by atoms with E-state index in [0.717, 1.165) is 18.3 Å². The molecule has 0 bridgehead atoms. The molecule has 0 aliphatic heterocycles. The largest absolute Gasteiger partial charge is 0.476 e. The van der Waals surface area contributed by atoms with Gasteiger partial charge in [-0.25, -0.2) is 14.8 Å². The SMILES string of the molecule is CCn1cncc1CNc1cccc(C(F)(F)C(=O)O)n1. The number of hydrogen-bond donors (Lipinski definition) is 2. The molecule has 2 rings (SSSR count). The Labute approximate surface area is 119 Å². The number of alkyl halides is 2. The number of anilines is 1. The minimum absolute atomic E-state index is 0.178. The van der Waals surface area contributed by atoms with Gasteiger partial charge in [-0.3, -0.25) is 0 Å². The number of rotatable bonds is 6. The number of pyridine rings is 1. The van der Waals surface area contributed by atoms with Crippen LogP contribution < -0.4 is 5.32 Å². The molecule has 0 amide bonds. The summed E-state index contributed by atoms with van der Waals surface area (Å²) in [7, 11) is 0. The van der Waals surface area contributed by atoms with Gasteiger partial charge in [0.2, 0.25) is 0 Å². The average Bonchev–Trinajstić information content (AvgIpc) is 2.92. The Balaban J connectivity index is 2.13. The van der Waals surface area contributed by atoms with Gasteiger partial charge >= 0.3 is 11.9 Å². The van der Waals surface area contributed by atoms with Gasteiger partial charge in [0.25, 0.3) is 0 Å². The van der Waals surface area contributed by atoms with Crippen molar-refractivity contribution in [3.63, 3.8) is 0 Å². The van der Waals surface area contributed by atoms with Gasteiger partial charge in [-0.1, -0.05) is 6.07 Å². The number of aliphatic carboxylic acids is 1. The fourth-order valence-corrected chi connectivity index (χ4v) is 1.78. The lowest BCUT2D eigenvalue weighted by molar-refractivity contribution is -0.166. The van der Waals surface area contributed by atoms with Crippen molar-refractivity contribution in [2.45, 2.75) is 25.9 Å². The molecule has 0 unspecified atom stereocenters. The van der Waals surface area contributed by atoms with Gasteiger partial charge in [0.05, 0.1) is 18.6 Å². The quantitative estimate of drug-likeness (QED) is 0.853. The van der Waals surface area contributed by atoms with E-state index >= 15 is 0 Å². The zero-order chi connectivity index (χ0) is 15.5. The molecule has 0 fully saturated rings. The minimum Gasteiger partial charge on any atom is -0.476 e. The maximum absolute atomic E-state index is 13.4. The van der Waals surface area contributed by atoms with Gasteiger partial charge in [0, 0.05) is 12.7 Å². The van der Waals surface area contributed by atoms with Crippen molar-refractivity contribution in [2.24, 2.45) is 0 Å². The molecule has 0 saturated carbocycles. The number of carboxylic acids is 1. The van der Waals surface area contributed by atoms with Crippen LogP contribution in [0.1, 0.15) is 18.3 Å². The van der Waals surface area contributed by atoms with E-state index in [-0.39, 0.29) is 5.82 Å². The van der Waals surface area contributed by atoms with Gasteiger partial charge in [0.1, 0.15) is 11.5 Å². The van der Waals surface area contributed by atoms with Gasteiger partial charge < -0.3 is 15.0 Å². The summed E-state index contributed by atoms with van der Waals surface area (Å²) in [6.45, 7) is 3.04. The lowest BCUT2D eigenvalue weighted by atomic mass is 10.2. The molecular weight excluding hydrogens is 282 g/mol. The Bertz CT molecular complexity index is 643.